The molecular weight excluding hydrogens is 148 g/mol. The van der Waals surface area contributed by atoms with Gasteiger partial charge >= 0.3 is 0 Å². The molecule has 57 valence electrons. The van der Waals surface area contributed by atoms with Crippen LogP contribution in [0.5, 0.6) is 0 Å². The normalized spacial score (nSPS) is 11.2. The van der Waals surface area contributed by atoms with Crippen LogP contribution < -0.4 is 0 Å². The first-order chi connectivity index (χ1) is 5.38. The number of hydrogen-bond acceptors (Lipinski definition) is 5. The molecule has 0 aliphatic carbocycles. The Morgan fingerprint density at radius 2 is 2.73 bits per heavy atom. The molecule has 0 aromatic carbocycles. The third-order valence-corrected chi connectivity index (χ3v) is 0.985. The summed E-state index contributed by atoms with van der Waals surface area (Å²) in [5, 5.41) is 6.76. The maximum absolute atomic E-state index is 10.2. The van der Waals surface area contributed by atoms with Crippen molar-refractivity contribution in [2.45, 2.75) is 0 Å². The summed E-state index contributed by atoms with van der Waals surface area (Å²) in [6, 6.07) is 0. The zero-order valence-corrected chi connectivity index (χ0v) is 5.77. The second-order valence-corrected chi connectivity index (χ2v) is 1.64. The fourth-order valence-electron chi connectivity index (χ4n) is 0.543. The number of carbonyl (C=O) groups excluding carboxylic acids is 1. The lowest BCUT2D eigenvalue weighted by Crippen LogP contribution is -2.00. The minimum absolute atomic E-state index is 0.0359. The van der Waals surface area contributed by atoms with Crippen molar-refractivity contribution in [1.82, 2.24) is 5.16 Å². The maximum atomic E-state index is 10.2. The van der Waals surface area contributed by atoms with Crippen molar-refractivity contribution in [3.8, 4) is 0 Å². The highest BCUT2D eigenvalue weighted by molar-refractivity contribution is 6.36. The molecule has 0 saturated carbocycles. The van der Waals surface area contributed by atoms with E-state index in [1.165, 1.54) is 19.6 Å². The van der Waals surface area contributed by atoms with E-state index in [1.54, 1.807) is 6.29 Å². The van der Waals surface area contributed by atoms with E-state index in [0.29, 0.717) is 5.56 Å². The van der Waals surface area contributed by atoms with E-state index < -0.39 is 0 Å². The largest absolute Gasteiger partial charge is 0.399 e. The van der Waals surface area contributed by atoms with Gasteiger partial charge in [-0.05, 0) is 0 Å². The van der Waals surface area contributed by atoms with Crippen molar-refractivity contribution in [3.63, 3.8) is 0 Å². The summed E-state index contributed by atoms with van der Waals surface area (Å²) in [5.74, 6) is 0. The number of aromatic nitrogens is 1. The third-order valence-electron chi connectivity index (χ3n) is 0.985. The number of hydrogen-bond donors (Lipinski definition) is 0. The average Bonchev–Trinajstić information content (AvgIpc) is 2.52. The van der Waals surface area contributed by atoms with Crippen LogP contribution in [-0.4, -0.2) is 24.3 Å². The van der Waals surface area contributed by atoms with E-state index in [0.717, 1.165) is 0 Å². The van der Waals surface area contributed by atoms with Gasteiger partial charge in [-0.15, -0.1) is 0 Å². The first-order valence-corrected chi connectivity index (χ1v) is 2.77. The molecule has 0 aliphatic rings. The summed E-state index contributed by atoms with van der Waals surface area (Å²) >= 11 is 0. The van der Waals surface area contributed by atoms with E-state index in [-0.39, 0.29) is 5.71 Å². The second-order valence-electron chi connectivity index (χ2n) is 1.64. The van der Waals surface area contributed by atoms with Gasteiger partial charge in [0.1, 0.15) is 13.4 Å². The van der Waals surface area contributed by atoms with E-state index in [2.05, 4.69) is 19.7 Å². The van der Waals surface area contributed by atoms with Gasteiger partial charge in [-0.1, -0.05) is 10.3 Å². The molecule has 0 amide bonds. The Bertz CT molecular complexity index is 253. The first-order valence-electron chi connectivity index (χ1n) is 2.77. The van der Waals surface area contributed by atoms with Gasteiger partial charge in [0.05, 0.1) is 11.8 Å². The number of oxime groups is 1. The van der Waals surface area contributed by atoms with Crippen LogP contribution in [0.4, 0.5) is 0 Å². The lowest BCUT2D eigenvalue weighted by atomic mass is 10.2. The summed E-state index contributed by atoms with van der Waals surface area (Å²) in [6.07, 6.45) is 4.21. The molecule has 0 fully saturated rings. The average molecular weight is 153 g/mol. The lowest BCUT2D eigenvalue weighted by Gasteiger charge is -1.88. The first kappa shape index (κ1) is 7.46. The molecular formula is C6H5N2O3. The molecule has 1 aromatic rings. The van der Waals surface area contributed by atoms with Crippen LogP contribution in [0, 0.1) is 0 Å². The van der Waals surface area contributed by atoms with Crippen molar-refractivity contribution in [1.29, 1.82) is 0 Å². The molecule has 0 spiro atoms. The van der Waals surface area contributed by atoms with Gasteiger partial charge in [-0.3, -0.25) is 4.79 Å². The number of rotatable bonds is 3. The highest BCUT2D eigenvalue weighted by Crippen LogP contribution is 1.97. The predicted molar refractivity (Wildman–Crippen MR) is 35.7 cm³/mol. The highest BCUT2D eigenvalue weighted by atomic mass is 16.6. The van der Waals surface area contributed by atoms with Crippen molar-refractivity contribution in [2.24, 2.45) is 5.16 Å². The van der Waals surface area contributed by atoms with Crippen molar-refractivity contribution in [2.75, 3.05) is 7.11 Å². The second kappa shape index (κ2) is 3.50. The van der Waals surface area contributed by atoms with Gasteiger partial charge < -0.3 is 9.36 Å². The van der Waals surface area contributed by atoms with Gasteiger partial charge in [-0.25, -0.2) is 0 Å². The fourth-order valence-corrected chi connectivity index (χ4v) is 0.543. The molecule has 1 heterocycles. The van der Waals surface area contributed by atoms with E-state index >= 15 is 0 Å². The molecule has 11 heavy (non-hydrogen) atoms. The lowest BCUT2D eigenvalue weighted by molar-refractivity contribution is 0.214. The Morgan fingerprint density at radius 3 is 3.18 bits per heavy atom. The smallest absolute Gasteiger partial charge is 0.257 e. The van der Waals surface area contributed by atoms with Crippen LogP contribution in [-0.2, 0) is 9.63 Å². The van der Waals surface area contributed by atoms with Crippen LogP contribution in [0.3, 0.4) is 0 Å². The fraction of sp³-hybridized carbons (Fsp3) is 0.167. The monoisotopic (exact) mass is 153 g/mol. The molecule has 0 atom stereocenters. The van der Waals surface area contributed by atoms with Crippen LogP contribution in [0.1, 0.15) is 5.56 Å². The molecule has 0 saturated heterocycles. The Kier molecular flexibility index (Phi) is 2.37. The van der Waals surface area contributed by atoms with Crippen LogP contribution in [0.15, 0.2) is 22.1 Å². The molecule has 0 N–H and O–H groups in total. The van der Waals surface area contributed by atoms with Crippen LogP contribution >= 0.6 is 0 Å². The Hall–Kier alpha value is -1.65. The van der Waals surface area contributed by atoms with E-state index in [4.69, 9.17) is 0 Å². The standard InChI is InChI=1S/C6H5N2O3/c1-10-8-6(3-9)5-2-7-11-4-5/h2,4H,1H3. The minimum atomic E-state index is 0.0359. The van der Waals surface area contributed by atoms with E-state index in [9.17, 15) is 4.79 Å². The van der Waals surface area contributed by atoms with Crippen molar-refractivity contribution in [3.05, 3.63) is 18.0 Å². The quantitative estimate of drug-likeness (QED) is 0.457. The molecule has 1 aromatic heterocycles. The van der Waals surface area contributed by atoms with Crippen molar-refractivity contribution < 1.29 is 14.2 Å². The molecule has 0 bridgehead atoms. The molecule has 5 nitrogen and oxygen atoms in total. The topological polar surface area (TPSA) is 64.7 Å². The summed E-state index contributed by atoms with van der Waals surface area (Å²) < 4.78 is 4.48. The zero-order valence-electron chi connectivity index (χ0n) is 5.77. The van der Waals surface area contributed by atoms with Crippen LogP contribution in [0.2, 0.25) is 0 Å². The summed E-state index contributed by atoms with van der Waals surface area (Å²) in [4.78, 5) is 14.6. The summed E-state index contributed by atoms with van der Waals surface area (Å²) in [6.45, 7) is 0. The van der Waals surface area contributed by atoms with Gasteiger partial charge in [0.15, 0.2) is 5.71 Å². The van der Waals surface area contributed by atoms with Gasteiger partial charge in [-0.2, -0.15) is 0 Å². The molecule has 5 heteroatoms. The Balaban J connectivity index is 2.88. The molecule has 0 unspecified atom stereocenters. The summed E-state index contributed by atoms with van der Waals surface area (Å²) in [7, 11) is 1.34. The molecule has 1 radical (unpaired) electrons. The summed E-state index contributed by atoms with van der Waals surface area (Å²) in [5.41, 5.74) is 0.482. The predicted octanol–water partition coefficient (Wildman–Crippen LogP) is 0.135. The highest BCUT2D eigenvalue weighted by Gasteiger charge is 2.05. The molecule has 0 aliphatic heterocycles. The molecule has 1 rings (SSSR count). The minimum Gasteiger partial charge on any atom is -0.399 e. The third kappa shape index (κ3) is 1.64. The number of nitrogens with zero attached hydrogens (tertiary/aromatic N) is 2. The van der Waals surface area contributed by atoms with Gasteiger partial charge in [0.2, 0.25) is 0 Å². The van der Waals surface area contributed by atoms with Gasteiger partial charge in [0, 0.05) is 0 Å². The zero-order chi connectivity index (χ0) is 8.10. The Morgan fingerprint density at radius 1 is 1.91 bits per heavy atom. The SMILES string of the molecule is CON=C([C]=O)c1cnoc1. The van der Waals surface area contributed by atoms with Gasteiger partial charge in [0.25, 0.3) is 6.29 Å². The van der Waals surface area contributed by atoms with E-state index in [1.807, 2.05) is 0 Å². The maximum Gasteiger partial charge on any atom is 0.257 e. The Labute approximate surface area is 62.6 Å². The van der Waals surface area contributed by atoms with Crippen molar-refractivity contribution >= 4 is 12.0 Å². The van der Waals surface area contributed by atoms with Crippen LogP contribution in [0.25, 0.3) is 0 Å².